The predicted molar refractivity (Wildman–Crippen MR) is 81.5 cm³/mol. The number of rotatable bonds is 5. The molecule has 2 aromatic carbocycles. The summed E-state index contributed by atoms with van der Waals surface area (Å²) < 4.78 is 5.30. The first kappa shape index (κ1) is 14.1. The van der Waals surface area contributed by atoms with Gasteiger partial charge in [-0.25, -0.2) is 0 Å². The first-order chi connectivity index (χ1) is 9.63. The van der Waals surface area contributed by atoms with Crippen LogP contribution in [0, 0.1) is 0 Å². The molecule has 2 rings (SSSR count). The van der Waals surface area contributed by atoms with Crippen molar-refractivity contribution in [1.29, 1.82) is 0 Å². The van der Waals surface area contributed by atoms with Crippen LogP contribution in [0.15, 0.2) is 48.5 Å². The van der Waals surface area contributed by atoms with Crippen LogP contribution in [0.3, 0.4) is 0 Å². The molecule has 3 nitrogen and oxygen atoms in total. The second-order valence-electron chi connectivity index (χ2n) is 4.75. The van der Waals surface area contributed by atoms with Crippen molar-refractivity contribution in [2.24, 2.45) is 0 Å². The van der Waals surface area contributed by atoms with Gasteiger partial charge in [-0.3, -0.25) is 4.79 Å². The molecule has 0 radical (unpaired) electrons. The van der Waals surface area contributed by atoms with Crippen molar-refractivity contribution in [1.82, 2.24) is 0 Å². The monoisotopic (exact) mass is 269 g/mol. The third kappa shape index (κ3) is 2.99. The van der Waals surface area contributed by atoms with E-state index in [9.17, 15) is 4.79 Å². The molecule has 0 aliphatic rings. The number of carbonyl (C=O) groups is 1. The van der Waals surface area contributed by atoms with E-state index in [1.165, 1.54) is 5.56 Å². The van der Waals surface area contributed by atoms with Gasteiger partial charge in [0.2, 0.25) is 0 Å². The van der Waals surface area contributed by atoms with E-state index in [-0.39, 0.29) is 5.78 Å². The Labute approximate surface area is 119 Å². The lowest BCUT2D eigenvalue weighted by Gasteiger charge is -2.23. The average molecular weight is 269 g/mol. The fraction of sp³-hybridized carbons (Fsp3) is 0.235. The Balaban J connectivity index is 2.34. The Morgan fingerprint density at radius 2 is 1.80 bits per heavy atom. The van der Waals surface area contributed by atoms with E-state index in [0.29, 0.717) is 11.3 Å². The fourth-order valence-corrected chi connectivity index (χ4v) is 2.30. The first-order valence-corrected chi connectivity index (χ1v) is 6.56. The fourth-order valence-electron chi connectivity index (χ4n) is 2.30. The molecule has 2 aromatic rings. The topological polar surface area (TPSA) is 29.5 Å². The molecule has 0 heterocycles. The van der Waals surface area contributed by atoms with E-state index in [0.717, 1.165) is 12.2 Å². The summed E-state index contributed by atoms with van der Waals surface area (Å²) in [6.45, 7) is 2.31. The maximum atomic E-state index is 11.9. The molecule has 0 aliphatic carbocycles. The molecule has 0 spiro atoms. The zero-order valence-corrected chi connectivity index (χ0v) is 12.1. The number of Topliss-reactive ketones (excluding diaryl/α,β-unsaturated/α-hetero) is 1. The van der Waals surface area contributed by atoms with Crippen LogP contribution < -0.4 is 9.64 Å². The summed E-state index contributed by atoms with van der Waals surface area (Å²) >= 11 is 0. The van der Waals surface area contributed by atoms with Crippen LogP contribution in [0.25, 0.3) is 0 Å². The van der Waals surface area contributed by atoms with E-state index in [1.807, 2.05) is 43.4 Å². The molecule has 0 atom stereocenters. The average Bonchev–Trinajstić information content (AvgIpc) is 2.47. The lowest BCUT2D eigenvalue weighted by atomic mass is 10.1. The second-order valence-corrected chi connectivity index (χ2v) is 4.75. The van der Waals surface area contributed by atoms with Crippen LogP contribution >= 0.6 is 0 Å². The number of benzene rings is 2. The number of nitrogens with zero attached hydrogens (tertiary/aromatic N) is 1. The summed E-state index contributed by atoms with van der Waals surface area (Å²) in [6.07, 6.45) is 0. The van der Waals surface area contributed by atoms with Gasteiger partial charge in [-0.1, -0.05) is 36.4 Å². The minimum absolute atomic E-state index is 0.0114. The van der Waals surface area contributed by atoms with Crippen molar-refractivity contribution in [3.63, 3.8) is 0 Å². The van der Waals surface area contributed by atoms with Gasteiger partial charge in [-0.2, -0.15) is 0 Å². The SMILES string of the molecule is COc1cccc(N(C)Cc2ccccc2)c1C(C)=O. The quantitative estimate of drug-likeness (QED) is 0.778. The van der Waals surface area contributed by atoms with Gasteiger partial charge in [0.05, 0.1) is 18.4 Å². The van der Waals surface area contributed by atoms with Crippen molar-refractivity contribution in [3.8, 4) is 5.75 Å². The second kappa shape index (κ2) is 6.24. The molecule has 0 amide bonds. The molecule has 0 aromatic heterocycles. The molecule has 0 aliphatic heterocycles. The molecule has 20 heavy (non-hydrogen) atoms. The largest absolute Gasteiger partial charge is 0.496 e. The van der Waals surface area contributed by atoms with Crippen LogP contribution in [0.5, 0.6) is 5.75 Å². The lowest BCUT2D eigenvalue weighted by Crippen LogP contribution is -2.19. The number of methoxy groups -OCH3 is 1. The number of carbonyl (C=O) groups excluding carboxylic acids is 1. The van der Waals surface area contributed by atoms with Crippen molar-refractivity contribution in [2.45, 2.75) is 13.5 Å². The van der Waals surface area contributed by atoms with E-state index >= 15 is 0 Å². The van der Waals surface area contributed by atoms with Crippen LogP contribution in [-0.2, 0) is 6.54 Å². The van der Waals surface area contributed by atoms with E-state index in [4.69, 9.17) is 4.74 Å². The Kier molecular flexibility index (Phi) is 4.41. The highest BCUT2D eigenvalue weighted by Gasteiger charge is 2.16. The minimum atomic E-state index is 0.0114. The summed E-state index contributed by atoms with van der Waals surface area (Å²) in [5, 5.41) is 0. The number of ether oxygens (including phenoxy) is 1. The van der Waals surface area contributed by atoms with Gasteiger partial charge >= 0.3 is 0 Å². The maximum Gasteiger partial charge on any atom is 0.165 e. The third-order valence-corrected chi connectivity index (χ3v) is 3.25. The maximum absolute atomic E-state index is 11.9. The summed E-state index contributed by atoms with van der Waals surface area (Å²) in [5.41, 5.74) is 2.72. The normalized spacial score (nSPS) is 10.2. The Bertz CT molecular complexity index is 593. The molecule has 0 fully saturated rings. The van der Waals surface area contributed by atoms with E-state index in [2.05, 4.69) is 17.0 Å². The summed E-state index contributed by atoms with van der Waals surface area (Å²) in [4.78, 5) is 14.0. The highest BCUT2D eigenvalue weighted by atomic mass is 16.5. The molecule has 104 valence electrons. The van der Waals surface area contributed by atoms with E-state index in [1.54, 1.807) is 14.0 Å². The van der Waals surface area contributed by atoms with Gasteiger partial charge < -0.3 is 9.64 Å². The smallest absolute Gasteiger partial charge is 0.165 e. The van der Waals surface area contributed by atoms with Crippen LogP contribution in [0.1, 0.15) is 22.8 Å². The van der Waals surface area contributed by atoms with Crippen molar-refractivity contribution in [2.75, 3.05) is 19.1 Å². The molecule has 0 saturated heterocycles. The highest BCUT2D eigenvalue weighted by Crippen LogP contribution is 2.29. The number of hydrogen-bond acceptors (Lipinski definition) is 3. The number of anilines is 1. The zero-order chi connectivity index (χ0) is 14.5. The predicted octanol–water partition coefficient (Wildman–Crippen LogP) is 3.53. The van der Waals surface area contributed by atoms with Gasteiger partial charge in [0.15, 0.2) is 5.78 Å². The Hall–Kier alpha value is -2.29. The van der Waals surface area contributed by atoms with Gasteiger partial charge in [0, 0.05) is 13.6 Å². The van der Waals surface area contributed by atoms with Gasteiger partial charge in [-0.05, 0) is 24.6 Å². The van der Waals surface area contributed by atoms with Gasteiger partial charge in [0.1, 0.15) is 5.75 Å². The summed E-state index contributed by atoms with van der Waals surface area (Å²) in [5.74, 6) is 0.632. The standard InChI is InChI=1S/C17H19NO2/c1-13(19)17-15(10-7-11-16(17)20-3)18(2)12-14-8-5-4-6-9-14/h4-11H,12H2,1-3H3. The van der Waals surface area contributed by atoms with Crippen LogP contribution in [0.4, 0.5) is 5.69 Å². The van der Waals surface area contributed by atoms with Crippen LogP contribution in [0.2, 0.25) is 0 Å². The van der Waals surface area contributed by atoms with E-state index < -0.39 is 0 Å². The Morgan fingerprint density at radius 1 is 1.10 bits per heavy atom. The third-order valence-electron chi connectivity index (χ3n) is 3.25. The Morgan fingerprint density at radius 3 is 2.40 bits per heavy atom. The minimum Gasteiger partial charge on any atom is -0.496 e. The van der Waals surface area contributed by atoms with Gasteiger partial charge in [0.25, 0.3) is 0 Å². The molecule has 0 bridgehead atoms. The molecular weight excluding hydrogens is 250 g/mol. The van der Waals surface area contributed by atoms with Gasteiger partial charge in [-0.15, -0.1) is 0 Å². The van der Waals surface area contributed by atoms with Crippen molar-refractivity contribution >= 4 is 11.5 Å². The molecule has 0 unspecified atom stereocenters. The lowest BCUT2D eigenvalue weighted by molar-refractivity contribution is 0.101. The first-order valence-electron chi connectivity index (χ1n) is 6.56. The molecule has 3 heteroatoms. The summed E-state index contributed by atoms with van der Waals surface area (Å²) in [6, 6.07) is 15.8. The highest BCUT2D eigenvalue weighted by molar-refractivity contribution is 6.02. The molecular formula is C17H19NO2. The van der Waals surface area contributed by atoms with Crippen LogP contribution in [-0.4, -0.2) is 19.9 Å². The number of ketones is 1. The van der Waals surface area contributed by atoms with Crippen molar-refractivity contribution < 1.29 is 9.53 Å². The molecule has 0 saturated carbocycles. The van der Waals surface area contributed by atoms with Crippen molar-refractivity contribution in [3.05, 3.63) is 59.7 Å². The number of hydrogen-bond donors (Lipinski definition) is 0. The molecule has 0 N–H and O–H groups in total. The summed E-state index contributed by atoms with van der Waals surface area (Å²) in [7, 11) is 3.57. The zero-order valence-electron chi connectivity index (χ0n) is 12.1.